The molecule has 1 N–H and O–H groups in total. The van der Waals surface area contributed by atoms with Crippen molar-refractivity contribution in [2.45, 2.75) is 25.3 Å². The van der Waals surface area contributed by atoms with Gasteiger partial charge in [0.25, 0.3) is 5.91 Å². The second-order valence-electron chi connectivity index (χ2n) is 5.89. The number of hydrogen-bond acceptors (Lipinski definition) is 3. The number of sulfonamides is 1. The van der Waals surface area contributed by atoms with Crippen molar-refractivity contribution < 1.29 is 22.0 Å². The van der Waals surface area contributed by atoms with Crippen molar-refractivity contribution in [3.8, 4) is 0 Å². The molecular formula is C18H20F2N2O3S. The molecule has 0 heterocycles. The van der Waals surface area contributed by atoms with Crippen LogP contribution in [0.25, 0.3) is 0 Å². The van der Waals surface area contributed by atoms with Gasteiger partial charge in [0, 0.05) is 25.7 Å². The molecule has 1 amide bonds. The van der Waals surface area contributed by atoms with Gasteiger partial charge < -0.3 is 4.90 Å². The van der Waals surface area contributed by atoms with Crippen LogP contribution < -0.4 is 4.72 Å². The summed E-state index contributed by atoms with van der Waals surface area (Å²) in [5.41, 5.74) is 1.27. The zero-order chi connectivity index (χ0) is 19.5. The Morgan fingerprint density at radius 3 is 2.42 bits per heavy atom. The van der Waals surface area contributed by atoms with Crippen LogP contribution in [-0.4, -0.2) is 32.8 Å². The minimum absolute atomic E-state index is 0.00507. The number of nitrogens with zero attached hydrogens (tertiary/aromatic N) is 1. The van der Waals surface area contributed by atoms with E-state index in [0.717, 1.165) is 12.1 Å². The molecule has 26 heavy (non-hydrogen) atoms. The first kappa shape index (κ1) is 20.0. The topological polar surface area (TPSA) is 66.5 Å². The van der Waals surface area contributed by atoms with E-state index in [9.17, 15) is 22.0 Å². The van der Waals surface area contributed by atoms with Crippen LogP contribution in [-0.2, 0) is 16.6 Å². The molecule has 0 aliphatic rings. The van der Waals surface area contributed by atoms with Crippen LogP contribution in [0.15, 0.2) is 41.3 Å². The smallest absolute Gasteiger partial charge is 0.254 e. The van der Waals surface area contributed by atoms with Gasteiger partial charge in [0.1, 0.15) is 0 Å². The number of carbonyl (C=O) groups excluding carboxylic acids is 1. The third-order valence-corrected chi connectivity index (χ3v) is 5.38. The maximum atomic E-state index is 13.3. The second kappa shape index (κ2) is 7.92. The molecule has 5 nitrogen and oxygen atoms in total. The minimum Gasteiger partial charge on any atom is -0.337 e. The van der Waals surface area contributed by atoms with Crippen molar-refractivity contribution in [3.63, 3.8) is 0 Å². The first-order valence-electron chi connectivity index (χ1n) is 7.95. The first-order chi connectivity index (χ1) is 12.2. The molecule has 0 saturated heterocycles. The summed E-state index contributed by atoms with van der Waals surface area (Å²) in [4.78, 5) is 14.0. The lowest BCUT2D eigenvalue weighted by atomic mass is 10.1. The summed E-state index contributed by atoms with van der Waals surface area (Å²) in [7, 11) is -2.18. The Bertz CT molecular complexity index is 930. The Balaban J connectivity index is 2.29. The summed E-state index contributed by atoms with van der Waals surface area (Å²) in [6.07, 6.45) is 0. The van der Waals surface area contributed by atoms with Crippen LogP contribution in [0.4, 0.5) is 8.78 Å². The lowest BCUT2D eigenvalue weighted by Crippen LogP contribution is -2.28. The van der Waals surface area contributed by atoms with Gasteiger partial charge in [-0.05, 0) is 42.3 Å². The van der Waals surface area contributed by atoms with Gasteiger partial charge in [-0.2, -0.15) is 0 Å². The molecule has 2 rings (SSSR count). The molecule has 0 spiro atoms. The van der Waals surface area contributed by atoms with Gasteiger partial charge in [0.15, 0.2) is 11.6 Å². The molecular weight excluding hydrogens is 362 g/mol. The van der Waals surface area contributed by atoms with Crippen molar-refractivity contribution in [3.05, 3.63) is 64.7 Å². The predicted octanol–water partition coefficient (Wildman–Crippen LogP) is 2.84. The van der Waals surface area contributed by atoms with Crippen LogP contribution in [0.1, 0.15) is 28.4 Å². The normalized spacial score (nSPS) is 11.4. The second-order valence-corrected chi connectivity index (χ2v) is 7.65. The molecule has 0 radical (unpaired) electrons. The highest BCUT2D eigenvalue weighted by Crippen LogP contribution is 2.18. The van der Waals surface area contributed by atoms with E-state index < -0.39 is 27.6 Å². The molecule has 0 aromatic heterocycles. The number of rotatable bonds is 6. The summed E-state index contributed by atoms with van der Waals surface area (Å²) >= 11 is 0. The lowest BCUT2D eigenvalue weighted by Gasteiger charge is -2.19. The fourth-order valence-electron chi connectivity index (χ4n) is 2.46. The number of nitrogens with one attached hydrogen (secondary N) is 1. The van der Waals surface area contributed by atoms with E-state index in [1.54, 1.807) is 19.9 Å². The SMILES string of the molecule is CCNS(=O)(=O)c1ccc(C)c(C(=O)N(C)Cc2ccc(F)c(F)c2)c1. The Morgan fingerprint density at radius 2 is 1.81 bits per heavy atom. The summed E-state index contributed by atoms with van der Waals surface area (Å²) < 4.78 is 53.0. The molecule has 0 aliphatic carbocycles. The third-order valence-electron chi connectivity index (χ3n) is 3.83. The van der Waals surface area contributed by atoms with Gasteiger partial charge in [-0.3, -0.25) is 4.79 Å². The number of amides is 1. The van der Waals surface area contributed by atoms with Crippen molar-refractivity contribution in [1.29, 1.82) is 0 Å². The summed E-state index contributed by atoms with van der Waals surface area (Å²) in [5, 5.41) is 0. The van der Waals surface area contributed by atoms with Crippen LogP contribution in [0.3, 0.4) is 0 Å². The number of halogens is 2. The van der Waals surface area contributed by atoms with Gasteiger partial charge in [-0.15, -0.1) is 0 Å². The number of carbonyl (C=O) groups is 1. The zero-order valence-electron chi connectivity index (χ0n) is 14.7. The largest absolute Gasteiger partial charge is 0.337 e. The minimum atomic E-state index is -3.69. The average molecular weight is 382 g/mol. The maximum Gasteiger partial charge on any atom is 0.254 e. The van der Waals surface area contributed by atoms with Crippen molar-refractivity contribution >= 4 is 15.9 Å². The van der Waals surface area contributed by atoms with Gasteiger partial charge in [-0.25, -0.2) is 21.9 Å². The van der Waals surface area contributed by atoms with E-state index in [0.29, 0.717) is 11.1 Å². The molecule has 2 aromatic carbocycles. The highest BCUT2D eigenvalue weighted by molar-refractivity contribution is 7.89. The summed E-state index contributed by atoms with van der Waals surface area (Å²) in [6, 6.07) is 7.72. The molecule has 0 aliphatic heterocycles. The number of hydrogen-bond donors (Lipinski definition) is 1. The highest BCUT2D eigenvalue weighted by Gasteiger charge is 2.20. The molecule has 140 valence electrons. The fraction of sp³-hybridized carbons (Fsp3) is 0.278. The number of benzene rings is 2. The Hall–Kier alpha value is -2.32. The maximum absolute atomic E-state index is 13.3. The van der Waals surface area contributed by atoms with Gasteiger partial charge in [0.05, 0.1) is 4.90 Å². The highest BCUT2D eigenvalue weighted by atomic mass is 32.2. The molecule has 2 aromatic rings. The van der Waals surface area contributed by atoms with Crippen molar-refractivity contribution in [2.75, 3.05) is 13.6 Å². The molecule has 0 bridgehead atoms. The Kier molecular flexibility index (Phi) is 6.09. The molecule has 8 heteroatoms. The van der Waals surface area contributed by atoms with Crippen LogP contribution >= 0.6 is 0 Å². The van der Waals surface area contributed by atoms with E-state index in [4.69, 9.17) is 0 Å². The molecule has 0 saturated carbocycles. The van der Waals surface area contributed by atoms with Gasteiger partial charge in [-0.1, -0.05) is 19.1 Å². The van der Waals surface area contributed by atoms with Crippen LogP contribution in [0.5, 0.6) is 0 Å². The monoisotopic (exact) mass is 382 g/mol. The quantitative estimate of drug-likeness (QED) is 0.835. The van der Waals surface area contributed by atoms with Crippen molar-refractivity contribution in [1.82, 2.24) is 9.62 Å². The third kappa shape index (κ3) is 4.44. The van der Waals surface area contributed by atoms with E-state index >= 15 is 0 Å². The van der Waals surface area contributed by atoms with E-state index in [-0.39, 0.29) is 23.5 Å². The van der Waals surface area contributed by atoms with E-state index in [1.807, 2.05) is 0 Å². The molecule has 0 atom stereocenters. The lowest BCUT2D eigenvalue weighted by molar-refractivity contribution is 0.0784. The van der Waals surface area contributed by atoms with E-state index in [2.05, 4.69) is 4.72 Å². The standard InChI is InChI=1S/C18H20F2N2O3S/c1-4-21-26(24,25)14-7-5-12(2)15(10-14)18(23)22(3)11-13-6-8-16(19)17(20)9-13/h5-10,21H,4,11H2,1-3H3. The van der Waals surface area contributed by atoms with Gasteiger partial charge in [0.2, 0.25) is 10.0 Å². The Morgan fingerprint density at radius 1 is 1.12 bits per heavy atom. The Labute approximate surface area is 151 Å². The summed E-state index contributed by atoms with van der Waals surface area (Å²) in [5.74, 6) is -2.36. The van der Waals surface area contributed by atoms with Crippen LogP contribution in [0.2, 0.25) is 0 Å². The van der Waals surface area contributed by atoms with Crippen LogP contribution in [0, 0.1) is 18.6 Å². The molecule has 0 fully saturated rings. The molecule has 0 unspecified atom stereocenters. The average Bonchev–Trinajstić information content (AvgIpc) is 2.57. The first-order valence-corrected chi connectivity index (χ1v) is 9.43. The van der Waals surface area contributed by atoms with E-state index in [1.165, 1.54) is 30.1 Å². The number of aryl methyl sites for hydroxylation is 1. The zero-order valence-corrected chi connectivity index (χ0v) is 15.5. The fourth-order valence-corrected chi connectivity index (χ4v) is 3.53. The van der Waals surface area contributed by atoms with Gasteiger partial charge >= 0.3 is 0 Å². The summed E-state index contributed by atoms with van der Waals surface area (Å²) in [6.45, 7) is 3.64. The predicted molar refractivity (Wildman–Crippen MR) is 94.2 cm³/mol. The van der Waals surface area contributed by atoms with Crippen molar-refractivity contribution in [2.24, 2.45) is 0 Å².